The van der Waals surface area contributed by atoms with E-state index in [4.69, 9.17) is 0 Å². The van der Waals surface area contributed by atoms with Gasteiger partial charge in [0.15, 0.2) is 0 Å². The fourth-order valence-electron chi connectivity index (χ4n) is 3.03. The van der Waals surface area contributed by atoms with Gasteiger partial charge in [0.25, 0.3) is 5.91 Å². The zero-order valence-corrected chi connectivity index (χ0v) is 17.5. The summed E-state index contributed by atoms with van der Waals surface area (Å²) < 4.78 is 26.4. The van der Waals surface area contributed by atoms with E-state index in [1.165, 1.54) is 24.3 Å². The summed E-state index contributed by atoms with van der Waals surface area (Å²) >= 11 is 1.98. The highest BCUT2D eigenvalue weighted by molar-refractivity contribution is 7.99. The van der Waals surface area contributed by atoms with Gasteiger partial charge in [0.05, 0.1) is 4.90 Å². The minimum atomic E-state index is -3.52. The quantitative estimate of drug-likeness (QED) is 0.722. The number of carbonyl (C=O) groups is 1. The lowest BCUT2D eigenvalue weighted by atomic mass is 10.1. The lowest BCUT2D eigenvalue weighted by Gasteiger charge is -2.26. The molecule has 0 atom stereocenters. The van der Waals surface area contributed by atoms with Crippen LogP contribution in [0.3, 0.4) is 0 Å². The van der Waals surface area contributed by atoms with Crippen LogP contribution in [-0.4, -0.2) is 50.4 Å². The maximum atomic E-state index is 12.5. The first-order valence-corrected chi connectivity index (χ1v) is 11.9. The Morgan fingerprint density at radius 2 is 1.82 bits per heavy atom. The molecule has 1 aliphatic heterocycles. The Kier molecular flexibility index (Phi) is 7.12. The molecule has 1 fully saturated rings. The molecular formula is C20H25N3O3S2. The molecule has 3 rings (SSSR count). The van der Waals surface area contributed by atoms with E-state index in [1.54, 1.807) is 6.92 Å². The third-order valence-electron chi connectivity index (χ3n) is 4.46. The highest BCUT2D eigenvalue weighted by Gasteiger charge is 2.14. The number of anilines is 1. The number of amides is 1. The van der Waals surface area contributed by atoms with E-state index in [1.807, 2.05) is 30.0 Å². The van der Waals surface area contributed by atoms with Gasteiger partial charge < -0.3 is 5.32 Å². The molecule has 2 aromatic carbocycles. The van der Waals surface area contributed by atoms with Crippen LogP contribution < -0.4 is 10.0 Å². The van der Waals surface area contributed by atoms with Crippen LogP contribution in [0.25, 0.3) is 0 Å². The summed E-state index contributed by atoms with van der Waals surface area (Å²) in [5.74, 6) is 2.06. The van der Waals surface area contributed by atoms with E-state index in [9.17, 15) is 13.2 Å². The molecule has 8 heteroatoms. The second-order valence-electron chi connectivity index (χ2n) is 6.57. The van der Waals surface area contributed by atoms with Crippen molar-refractivity contribution in [3.63, 3.8) is 0 Å². The zero-order valence-electron chi connectivity index (χ0n) is 15.8. The van der Waals surface area contributed by atoms with Crippen molar-refractivity contribution in [3.05, 3.63) is 59.7 Å². The molecule has 6 nitrogen and oxygen atoms in total. The predicted molar refractivity (Wildman–Crippen MR) is 114 cm³/mol. The maximum absolute atomic E-state index is 12.5. The molecule has 2 N–H and O–H groups in total. The Labute approximate surface area is 170 Å². The third kappa shape index (κ3) is 5.57. The van der Waals surface area contributed by atoms with Crippen LogP contribution in [-0.2, 0) is 16.6 Å². The number of sulfonamides is 1. The van der Waals surface area contributed by atoms with E-state index in [-0.39, 0.29) is 10.8 Å². The maximum Gasteiger partial charge on any atom is 0.255 e. The lowest BCUT2D eigenvalue weighted by molar-refractivity contribution is 0.102. The molecule has 0 radical (unpaired) electrons. The van der Waals surface area contributed by atoms with Crippen LogP contribution in [0.2, 0.25) is 0 Å². The van der Waals surface area contributed by atoms with Gasteiger partial charge in [-0.2, -0.15) is 11.8 Å². The smallest absolute Gasteiger partial charge is 0.255 e. The normalized spacial score (nSPS) is 15.3. The number of hydrogen-bond donors (Lipinski definition) is 2. The van der Waals surface area contributed by atoms with Gasteiger partial charge in [-0.25, -0.2) is 13.1 Å². The van der Waals surface area contributed by atoms with Gasteiger partial charge in [-0.3, -0.25) is 9.69 Å². The van der Waals surface area contributed by atoms with Crippen molar-refractivity contribution in [1.29, 1.82) is 0 Å². The second-order valence-corrected chi connectivity index (χ2v) is 9.56. The summed E-state index contributed by atoms with van der Waals surface area (Å²) in [6.07, 6.45) is 0. The first-order valence-electron chi connectivity index (χ1n) is 9.28. The molecule has 0 unspecified atom stereocenters. The summed E-state index contributed by atoms with van der Waals surface area (Å²) in [4.78, 5) is 15.1. The first kappa shape index (κ1) is 20.9. The minimum absolute atomic E-state index is 0.146. The number of carbonyl (C=O) groups excluding carboxylic acids is 1. The fourth-order valence-corrected chi connectivity index (χ4v) is 5.05. The van der Waals surface area contributed by atoms with E-state index in [0.29, 0.717) is 12.1 Å². The lowest BCUT2D eigenvalue weighted by Crippen LogP contribution is -2.31. The Morgan fingerprint density at radius 1 is 1.11 bits per heavy atom. The molecule has 1 heterocycles. The van der Waals surface area contributed by atoms with Crippen LogP contribution in [0.4, 0.5) is 5.69 Å². The van der Waals surface area contributed by atoms with Gasteiger partial charge in [0.1, 0.15) is 0 Å². The van der Waals surface area contributed by atoms with Gasteiger partial charge in [-0.05, 0) is 42.0 Å². The predicted octanol–water partition coefficient (Wildman–Crippen LogP) is 2.79. The van der Waals surface area contributed by atoms with Gasteiger partial charge in [0.2, 0.25) is 10.0 Å². The number of hydrogen-bond acceptors (Lipinski definition) is 5. The summed E-state index contributed by atoms with van der Waals surface area (Å²) in [5.41, 5.74) is 2.31. The SMILES string of the molecule is CCNS(=O)(=O)c1ccc(C(=O)Nc2cccc(CN3CCSCC3)c2)cc1. The van der Waals surface area contributed by atoms with Crippen LogP contribution in [0.5, 0.6) is 0 Å². The van der Waals surface area contributed by atoms with Gasteiger partial charge >= 0.3 is 0 Å². The highest BCUT2D eigenvalue weighted by atomic mass is 32.2. The Bertz CT molecular complexity index is 909. The van der Waals surface area contributed by atoms with Crippen molar-refractivity contribution in [2.24, 2.45) is 0 Å². The molecule has 28 heavy (non-hydrogen) atoms. The van der Waals surface area contributed by atoms with Gasteiger partial charge in [-0.15, -0.1) is 0 Å². The topological polar surface area (TPSA) is 78.5 Å². The standard InChI is InChI=1S/C20H25N3O3S2/c1-2-21-28(25,26)19-8-6-17(7-9-19)20(24)22-18-5-3-4-16(14-18)15-23-10-12-27-13-11-23/h3-9,14,21H,2,10-13,15H2,1H3,(H,22,24). The summed E-state index contributed by atoms with van der Waals surface area (Å²) in [7, 11) is -3.52. The molecule has 150 valence electrons. The molecular weight excluding hydrogens is 394 g/mol. The van der Waals surface area contributed by atoms with Crippen molar-refractivity contribution in [3.8, 4) is 0 Å². The number of nitrogens with one attached hydrogen (secondary N) is 2. The highest BCUT2D eigenvalue weighted by Crippen LogP contribution is 2.17. The average Bonchev–Trinajstić information content (AvgIpc) is 2.69. The van der Waals surface area contributed by atoms with Gasteiger partial charge in [0, 0.05) is 48.9 Å². The number of nitrogens with zero attached hydrogens (tertiary/aromatic N) is 1. The Balaban J connectivity index is 1.65. The number of benzene rings is 2. The largest absolute Gasteiger partial charge is 0.322 e. The third-order valence-corrected chi connectivity index (χ3v) is 6.96. The molecule has 0 aliphatic carbocycles. The Hall–Kier alpha value is -1.87. The molecule has 2 aromatic rings. The molecule has 0 saturated carbocycles. The van der Waals surface area contributed by atoms with E-state index in [0.717, 1.165) is 42.4 Å². The average molecular weight is 420 g/mol. The second kappa shape index (κ2) is 9.56. The molecule has 0 aromatic heterocycles. The van der Waals surface area contributed by atoms with E-state index in [2.05, 4.69) is 21.0 Å². The van der Waals surface area contributed by atoms with Crippen molar-refractivity contribution in [2.45, 2.75) is 18.4 Å². The molecule has 1 aliphatic rings. The molecule has 1 amide bonds. The van der Waals surface area contributed by atoms with Crippen LogP contribution >= 0.6 is 11.8 Å². The molecule has 0 bridgehead atoms. The van der Waals surface area contributed by atoms with Gasteiger partial charge in [-0.1, -0.05) is 19.1 Å². The van der Waals surface area contributed by atoms with E-state index >= 15 is 0 Å². The molecule has 1 saturated heterocycles. The Morgan fingerprint density at radius 3 is 2.50 bits per heavy atom. The van der Waals surface area contributed by atoms with Crippen molar-refractivity contribution >= 4 is 33.4 Å². The van der Waals surface area contributed by atoms with Crippen LogP contribution in [0, 0.1) is 0 Å². The van der Waals surface area contributed by atoms with Crippen molar-refractivity contribution in [1.82, 2.24) is 9.62 Å². The first-order chi connectivity index (χ1) is 13.5. The van der Waals surface area contributed by atoms with E-state index < -0.39 is 10.0 Å². The van der Waals surface area contributed by atoms with Crippen molar-refractivity contribution in [2.75, 3.05) is 36.5 Å². The summed E-state index contributed by atoms with van der Waals surface area (Å²) in [6.45, 7) is 5.09. The number of thioether (sulfide) groups is 1. The zero-order chi connectivity index (χ0) is 20.0. The fraction of sp³-hybridized carbons (Fsp3) is 0.350. The summed E-state index contributed by atoms with van der Waals surface area (Å²) in [6, 6.07) is 13.8. The molecule has 0 spiro atoms. The summed E-state index contributed by atoms with van der Waals surface area (Å²) in [5, 5.41) is 2.89. The van der Waals surface area contributed by atoms with Crippen LogP contribution in [0.15, 0.2) is 53.4 Å². The van der Waals surface area contributed by atoms with Crippen LogP contribution in [0.1, 0.15) is 22.8 Å². The number of rotatable bonds is 7. The van der Waals surface area contributed by atoms with Crippen molar-refractivity contribution < 1.29 is 13.2 Å². The minimum Gasteiger partial charge on any atom is -0.322 e. The monoisotopic (exact) mass is 419 g/mol.